The van der Waals surface area contributed by atoms with Crippen molar-refractivity contribution in [3.05, 3.63) is 51.7 Å². The zero-order chi connectivity index (χ0) is 15.7. The summed E-state index contributed by atoms with van der Waals surface area (Å²) in [5.41, 5.74) is 1.59. The largest absolute Gasteiger partial charge is 0.370 e. The lowest BCUT2D eigenvalue weighted by atomic mass is 10.1. The summed E-state index contributed by atoms with van der Waals surface area (Å²) < 4.78 is 7.41. The summed E-state index contributed by atoms with van der Waals surface area (Å²) in [6.45, 7) is 3.38. The van der Waals surface area contributed by atoms with Crippen molar-refractivity contribution in [2.24, 2.45) is 7.05 Å². The second-order valence-electron chi connectivity index (χ2n) is 5.35. The molecule has 0 N–H and O–H groups in total. The van der Waals surface area contributed by atoms with Crippen LogP contribution < -0.4 is 4.90 Å². The van der Waals surface area contributed by atoms with Crippen LogP contribution in [-0.4, -0.2) is 34.4 Å². The van der Waals surface area contributed by atoms with Gasteiger partial charge in [0.05, 0.1) is 18.1 Å². The number of aromatic nitrogens is 2. The standard InChI is InChI=1S/C15H18N4O3/c1-11-14(19(20)21)15(17(2)16-11)18-8-9-22-13(10-18)12-6-4-3-5-7-12/h3-7,13H,8-10H2,1-2H3/t13-/m1/s1. The van der Waals surface area contributed by atoms with Crippen LogP contribution in [-0.2, 0) is 11.8 Å². The Morgan fingerprint density at radius 1 is 1.36 bits per heavy atom. The second-order valence-corrected chi connectivity index (χ2v) is 5.35. The van der Waals surface area contributed by atoms with E-state index in [-0.39, 0.29) is 16.7 Å². The Morgan fingerprint density at radius 3 is 2.77 bits per heavy atom. The summed E-state index contributed by atoms with van der Waals surface area (Å²) in [5, 5.41) is 15.5. The van der Waals surface area contributed by atoms with Gasteiger partial charge in [-0.2, -0.15) is 5.10 Å². The molecule has 22 heavy (non-hydrogen) atoms. The van der Waals surface area contributed by atoms with Gasteiger partial charge in [0.15, 0.2) is 0 Å². The zero-order valence-corrected chi connectivity index (χ0v) is 12.6. The third-order valence-corrected chi connectivity index (χ3v) is 3.88. The van der Waals surface area contributed by atoms with Gasteiger partial charge in [0.1, 0.15) is 11.8 Å². The van der Waals surface area contributed by atoms with Gasteiger partial charge in [-0.05, 0) is 12.5 Å². The zero-order valence-electron chi connectivity index (χ0n) is 12.6. The Labute approximate surface area is 128 Å². The number of morpholine rings is 1. The van der Waals surface area contributed by atoms with Crippen LogP contribution in [0.2, 0.25) is 0 Å². The summed E-state index contributed by atoms with van der Waals surface area (Å²) in [6.07, 6.45) is -0.0928. The molecule has 116 valence electrons. The molecule has 2 aromatic rings. The van der Waals surface area contributed by atoms with Crippen molar-refractivity contribution in [1.29, 1.82) is 0 Å². The number of anilines is 1. The summed E-state index contributed by atoms with van der Waals surface area (Å²) in [4.78, 5) is 13.0. The van der Waals surface area contributed by atoms with Crippen LogP contribution in [0.25, 0.3) is 0 Å². The number of hydrogen-bond donors (Lipinski definition) is 0. The minimum atomic E-state index is -0.356. The quantitative estimate of drug-likeness (QED) is 0.642. The van der Waals surface area contributed by atoms with Crippen LogP contribution in [0.3, 0.4) is 0 Å². The third kappa shape index (κ3) is 2.55. The van der Waals surface area contributed by atoms with E-state index in [1.54, 1.807) is 18.7 Å². The first-order chi connectivity index (χ1) is 10.6. The highest BCUT2D eigenvalue weighted by molar-refractivity contribution is 5.61. The molecule has 0 radical (unpaired) electrons. The fraction of sp³-hybridized carbons (Fsp3) is 0.400. The third-order valence-electron chi connectivity index (χ3n) is 3.88. The molecule has 1 saturated heterocycles. The van der Waals surface area contributed by atoms with Crippen LogP contribution in [0.1, 0.15) is 17.4 Å². The Balaban J connectivity index is 1.91. The average Bonchev–Trinajstić information content (AvgIpc) is 2.83. The first kappa shape index (κ1) is 14.5. The smallest absolute Gasteiger partial charge is 0.333 e. The molecular weight excluding hydrogens is 284 g/mol. The van der Waals surface area contributed by atoms with Gasteiger partial charge in [-0.1, -0.05) is 30.3 Å². The van der Waals surface area contributed by atoms with E-state index in [1.165, 1.54) is 0 Å². The van der Waals surface area contributed by atoms with Gasteiger partial charge in [-0.25, -0.2) is 4.68 Å². The van der Waals surface area contributed by atoms with Gasteiger partial charge in [-0.15, -0.1) is 0 Å². The van der Waals surface area contributed by atoms with Gasteiger partial charge >= 0.3 is 5.69 Å². The molecule has 1 aromatic heterocycles. The molecule has 0 saturated carbocycles. The Hall–Kier alpha value is -2.41. The number of nitrogens with zero attached hydrogens (tertiary/aromatic N) is 4. The Morgan fingerprint density at radius 2 is 2.09 bits per heavy atom. The van der Waals surface area contributed by atoms with E-state index in [9.17, 15) is 10.1 Å². The van der Waals surface area contributed by atoms with Crippen molar-refractivity contribution >= 4 is 11.5 Å². The van der Waals surface area contributed by atoms with E-state index in [1.807, 2.05) is 35.2 Å². The maximum absolute atomic E-state index is 11.3. The molecule has 7 nitrogen and oxygen atoms in total. The molecular formula is C15H18N4O3. The Bertz CT molecular complexity index is 684. The van der Waals surface area contributed by atoms with Crippen LogP contribution in [0.15, 0.2) is 30.3 Å². The highest BCUT2D eigenvalue weighted by Crippen LogP contribution is 2.34. The molecule has 0 bridgehead atoms. The molecule has 2 heterocycles. The average molecular weight is 302 g/mol. The number of rotatable bonds is 3. The first-order valence-electron chi connectivity index (χ1n) is 7.17. The topological polar surface area (TPSA) is 73.4 Å². The van der Waals surface area contributed by atoms with E-state index >= 15 is 0 Å². The van der Waals surface area contributed by atoms with Crippen LogP contribution in [0, 0.1) is 17.0 Å². The minimum absolute atomic E-state index is 0.0798. The molecule has 3 rings (SSSR count). The fourth-order valence-corrected chi connectivity index (χ4v) is 2.91. The van der Waals surface area contributed by atoms with Crippen LogP contribution in [0.4, 0.5) is 11.5 Å². The minimum Gasteiger partial charge on any atom is -0.370 e. The van der Waals surface area contributed by atoms with Crippen LogP contribution >= 0.6 is 0 Å². The Kier molecular flexibility index (Phi) is 3.81. The number of ether oxygens (including phenoxy) is 1. The fourth-order valence-electron chi connectivity index (χ4n) is 2.91. The SMILES string of the molecule is Cc1nn(C)c(N2CCO[C@@H](c3ccccc3)C2)c1[N+](=O)[O-]. The molecule has 0 amide bonds. The molecule has 7 heteroatoms. The lowest BCUT2D eigenvalue weighted by Gasteiger charge is -2.33. The van der Waals surface area contributed by atoms with Crippen molar-refractivity contribution in [2.75, 3.05) is 24.6 Å². The number of benzene rings is 1. The highest BCUT2D eigenvalue weighted by Gasteiger charge is 2.32. The van der Waals surface area contributed by atoms with Crippen LogP contribution in [0.5, 0.6) is 0 Å². The lowest BCUT2D eigenvalue weighted by molar-refractivity contribution is -0.384. The lowest BCUT2D eigenvalue weighted by Crippen LogP contribution is -2.39. The maximum Gasteiger partial charge on any atom is 0.333 e. The van der Waals surface area contributed by atoms with Gasteiger partial charge in [0, 0.05) is 13.6 Å². The highest BCUT2D eigenvalue weighted by atomic mass is 16.6. The molecule has 0 unspecified atom stereocenters. The van der Waals surface area contributed by atoms with E-state index in [0.717, 1.165) is 5.56 Å². The van der Waals surface area contributed by atoms with Gasteiger partial charge in [-0.3, -0.25) is 10.1 Å². The summed E-state index contributed by atoms with van der Waals surface area (Å²) in [7, 11) is 1.74. The van der Waals surface area contributed by atoms with E-state index in [0.29, 0.717) is 31.2 Å². The molecule has 1 atom stereocenters. The van der Waals surface area contributed by atoms with Crippen molar-refractivity contribution in [3.63, 3.8) is 0 Å². The first-order valence-corrected chi connectivity index (χ1v) is 7.17. The summed E-state index contributed by atoms with van der Waals surface area (Å²) in [5.74, 6) is 0.548. The number of aryl methyl sites for hydroxylation is 2. The monoisotopic (exact) mass is 302 g/mol. The molecule has 1 aliphatic rings. The summed E-state index contributed by atoms with van der Waals surface area (Å²) in [6, 6.07) is 9.91. The molecule has 1 aliphatic heterocycles. The van der Waals surface area contributed by atoms with Crippen molar-refractivity contribution < 1.29 is 9.66 Å². The normalized spacial score (nSPS) is 18.5. The van der Waals surface area contributed by atoms with Crippen molar-refractivity contribution in [2.45, 2.75) is 13.0 Å². The van der Waals surface area contributed by atoms with E-state index in [4.69, 9.17) is 4.74 Å². The molecule has 0 spiro atoms. The summed E-state index contributed by atoms with van der Waals surface area (Å²) >= 11 is 0. The molecule has 1 fully saturated rings. The maximum atomic E-state index is 11.3. The van der Waals surface area contributed by atoms with Gasteiger partial charge in [0.25, 0.3) is 0 Å². The van der Waals surface area contributed by atoms with Gasteiger partial charge < -0.3 is 9.64 Å². The van der Waals surface area contributed by atoms with Crippen molar-refractivity contribution in [3.8, 4) is 0 Å². The van der Waals surface area contributed by atoms with E-state index in [2.05, 4.69) is 5.10 Å². The van der Waals surface area contributed by atoms with Crippen molar-refractivity contribution in [1.82, 2.24) is 9.78 Å². The molecule has 1 aromatic carbocycles. The number of hydrogen-bond acceptors (Lipinski definition) is 5. The van der Waals surface area contributed by atoms with E-state index < -0.39 is 0 Å². The number of nitro groups is 1. The second kappa shape index (κ2) is 5.76. The predicted molar refractivity (Wildman–Crippen MR) is 81.9 cm³/mol. The predicted octanol–water partition coefficient (Wildman–Crippen LogP) is 2.21. The molecule has 0 aliphatic carbocycles. The van der Waals surface area contributed by atoms with Gasteiger partial charge in [0.2, 0.25) is 5.82 Å².